The molecule has 0 radical (unpaired) electrons. The molecule has 100 valence electrons. The number of hydrogen-bond acceptors (Lipinski definition) is 2. The third-order valence-corrected chi connectivity index (χ3v) is 3.96. The molecule has 2 fully saturated rings. The number of hydrogen-bond donors (Lipinski definition) is 1. The van der Waals surface area contributed by atoms with E-state index in [0.717, 1.165) is 30.6 Å². The Morgan fingerprint density at radius 2 is 1.74 bits per heavy atom. The van der Waals surface area contributed by atoms with Gasteiger partial charge in [-0.15, -0.1) is 0 Å². The normalized spacial score (nSPS) is 21.8. The highest BCUT2D eigenvalue weighted by Gasteiger charge is 2.45. The molecule has 2 aliphatic rings. The predicted molar refractivity (Wildman–Crippen MR) is 68.2 cm³/mol. The summed E-state index contributed by atoms with van der Waals surface area (Å²) < 4.78 is 12.9. The van der Waals surface area contributed by atoms with Crippen LogP contribution in [0, 0.1) is 5.82 Å². The van der Waals surface area contributed by atoms with Crippen LogP contribution in [0.2, 0.25) is 0 Å². The maximum Gasteiger partial charge on any atom is 0.329 e. The van der Waals surface area contributed by atoms with Gasteiger partial charge in [0, 0.05) is 0 Å². The number of nitrogens with one attached hydrogen (secondary N) is 1. The van der Waals surface area contributed by atoms with Gasteiger partial charge in [-0.05, 0) is 37.1 Å². The van der Waals surface area contributed by atoms with Gasteiger partial charge in [0.1, 0.15) is 5.82 Å². The molecular formula is C14H15FN2O2. The average molecular weight is 262 g/mol. The van der Waals surface area contributed by atoms with Gasteiger partial charge >= 0.3 is 6.03 Å². The third kappa shape index (κ3) is 2.09. The van der Waals surface area contributed by atoms with Crippen LogP contribution in [0.3, 0.4) is 0 Å². The van der Waals surface area contributed by atoms with E-state index in [-0.39, 0.29) is 17.3 Å². The number of anilines is 1. The van der Waals surface area contributed by atoms with Gasteiger partial charge in [-0.25, -0.2) is 14.1 Å². The van der Waals surface area contributed by atoms with Gasteiger partial charge in [0.15, 0.2) is 0 Å². The number of urea groups is 1. The predicted octanol–water partition coefficient (Wildman–Crippen LogP) is 2.58. The molecule has 0 aromatic heterocycles. The van der Waals surface area contributed by atoms with Crippen LogP contribution in [-0.2, 0) is 4.79 Å². The van der Waals surface area contributed by atoms with Gasteiger partial charge in [-0.3, -0.25) is 4.79 Å². The Balaban J connectivity index is 1.86. The van der Waals surface area contributed by atoms with Gasteiger partial charge in [0.25, 0.3) is 0 Å². The second-order valence-electron chi connectivity index (χ2n) is 5.30. The molecule has 5 heteroatoms. The topological polar surface area (TPSA) is 49.4 Å². The molecule has 1 aliphatic carbocycles. The number of halogens is 1. The summed E-state index contributed by atoms with van der Waals surface area (Å²) in [6.07, 6.45) is 4.15. The smallest absolute Gasteiger partial charge is 0.329 e. The summed E-state index contributed by atoms with van der Waals surface area (Å²) in [7, 11) is 0. The molecule has 1 N–H and O–H groups in total. The minimum atomic E-state index is -0.398. The SMILES string of the molecule is O=C1CC2(CCCC2)NC(=O)N1c1ccc(F)cc1. The third-order valence-electron chi connectivity index (χ3n) is 3.96. The van der Waals surface area contributed by atoms with E-state index in [1.807, 2.05) is 0 Å². The Morgan fingerprint density at radius 3 is 2.32 bits per heavy atom. The van der Waals surface area contributed by atoms with Crippen LogP contribution >= 0.6 is 0 Å². The summed E-state index contributed by atoms with van der Waals surface area (Å²) in [4.78, 5) is 25.5. The maximum atomic E-state index is 12.9. The van der Waals surface area contributed by atoms with Gasteiger partial charge in [-0.1, -0.05) is 12.8 Å². The van der Waals surface area contributed by atoms with Gasteiger partial charge < -0.3 is 5.32 Å². The summed E-state index contributed by atoms with van der Waals surface area (Å²) in [6.45, 7) is 0. The van der Waals surface area contributed by atoms with Crippen LogP contribution in [0.1, 0.15) is 32.1 Å². The Hall–Kier alpha value is -1.91. The quantitative estimate of drug-likeness (QED) is 0.845. The number of amides is 3. The molecule has 4 nitrogen and oxygen atoms in total. The van der Waals surface area contributed by atoms with Gasteiger partial charge in [0.05, 0.1) is 17.6 Å². The van der Waals surface area contributed by atoms with Crippen molar-refractivity contribution in [1.82, 2.24) is 5.32 Å². The van der Waals surface area contributed by atoms with Crippen molar-refractivity contribution in [1.29, 1.82) is 0 Å². The number of rotatable bonds is 1. The van der Waals surface area contributed by atoms with E-state index in [2.05, 4.69) is 5.32 Å². The zero-order valence-corrected chi connectivity index (χ0v) is 10.5. The van der Waals surface area contributed by atoms with E-state index in [9.17, 15) is 14.0 Å². The van der Waals surface area contributed by atoms with Gasteiger partial charge in [0.2, 0.25) is 5.91 Å². The molecule has 1 aromatic carbocycles. The Bertz CT molecular complexity index is 501. The highest BCUT2D eigenvalue weighted by Crippen LogP contribution is 2.36. The fourth-order valence-corrected chi connectivity index (χ4v) is 3.01. The van der Waals surface area contributed by atoms with E-state index < -0.39 is 6.03 Å². The monoisotopic (exact) mass is 262 g/mol. The molecule has 1 aliphatic heterocycles. The highest BCUT2D eigenvalue weighted by molar-refractivity contribution is 6.16. The van der Waals surface area contributed by atoms with Crippen molar-refractivity contribution >= 4 is 17.6 Å². The number of carbonyl (C=O) groups excluding carboxylic acids is 2. The van der Waals surface area contributed by atoms with Crippen LogP contribution in [0.25, 0.3) is 0 Å². The van der Waals surface area contributed by atoms with Crippen LogP contribution in [-0.4, -0.2) is 17.5 Å². The molecule has 0 bridgehead atoms. The van der Waals surface area contributed by atoms with Gasteiger partial charge in [-0.2, -0.15) is 0 Å². The lowest BCUT2D eigenvalue weighted by molar-refractivity contribution is -0.120. The van der Waals surface area contributed by atoms with E-state index >= 15 is 0 Å². The standard InChI is InChI=1S/C14H15FN2O2/c15-10-3-5-11(6-4-10)17-12(18)9-14(16-13(17)19)7-1-2-8-14/h3-6H,1-2,7-9H2,(H,16,19). The van der Waals surface area contributed by atoms with E-state index in [4.69, 9.17) is 0 Å². The largest absolute Gasteiger partial charge is 0.331 e. The Morgan fingerprint density at radius 1 is 1.11 bits per heavy atom. The summed E-state index contributed by atoms with van der Waals surface area (Å²) in [5, 5.41) is 2.96. The summed E-state index contributed by atoms with van der Waals surface area (Å²) in [6, 6.07) is 4.98. The minimum Gasteiger partial charge on any atom is -0.331 e. The zero-order chi connectivity index (χ0) is 13.5. The molecule has 0 unspecified atom stereocenters. The molecule has 19 heavy (non-hydrogen) atoms. The fraction of sp³-hybridized carbons (Fsp3) is 0.429. The van der Waals surface area contributed by atoms with E-state index in [1.165, 1.54) is 24.3 Å². The molecule has 3 rings (SSSR count). The number of nitrogens with zero attached hydrogens (tertiary/aromatic N) is 1. The summed E-state index contributed by atoms with van der Waals surface area (Å²) >= 11 is 0. The van der Waals surface area contributed by atoms with Crippen molar-refractivity contribution in [2.45, 2.75) is 37.6 Å². The molecule has 0 atom stereocenters. The number of benzene rings is 1. The first-order chi connectivity index (χ1) is 9.10. The Labute approximate surface area is 110 Å². The highest BCUT2D eigenvalue weighted by atomic mass is 19.1. The van der Waals surface area contributed by atoms with Crippen LogP contribution in [0.15, 0.2) is 24.3 Å². The van der Waals surface area contributed by atoms with Crippen molar-refractivity contribution in [2.75, 3.05) is 4.90 Å². The molecule has 3 amide bonds. The average Bonchev–Trinajstić information content (AvgIpc) is 2.78. The lowest BCUT2D eigenvalue weighted by Crippen LogP contribution is -2.61. The van der Waals surface area contributed by atoms with Crippen molar-refractivity contribution in [2.24, 2.45) is 0 Å². The number of carbonyl (C=O) groups is 2. The number of imide groups is 1. The van der Waals surface area contributed by atoms with Crippen molar-refractivity contribution in [3.05, 3.63) is 30.1 Å². The van der Waals surface area contributed by atoms with E-state index in [0.29, 0.717) is 12.1 Å². The molecule has 1 heterocycles. The molecule has 1 aromatic rings. The van der Waals surface area contributed by atoms with Crippen LogP contribution in [0.4, 0.5) is 14.9 Å². The first kappa shape index (κ1) is 12.1. The Kier molecular flexibility index (Phi) is 2.77. The fourth-order valence-electron chi connectivity index (χ4n) is 3.01. The van der Waals surface area contributed by atoms with Crippen molar-refractivity contribution in [3.63, 3.8) is 0 Å². The lowest BCUT2D eigenvalue weighted by atomic mass is 9.90. The summed E-state index contributed by atoms with van der Waals surface area (Å²) in [5.74, 6) is -0.599. The second kappa shape index (κ2) is 4.33. The lowest BCUT2D eigenvalue weighted by Gasteiger charge is -2.38. The zero-order valence-electron chi connectivity index (χ0n) is 10.5. The molecule has 1 saturated heterocycles. The maximum absolute atomic E-state index is 12.9. The van der Waals surface area contributed by atoms with Crippen molar-refractivity contribution in [3.8, 4) is 0 Å². The second-order valence-corrected chi connectivity index (χ2v) is 5.30. The first-order valence-corrected chi connectivity index (χ1v) is 6.50. The first-order valence-electron chi connectivity index (χ1n) is 6.50. The molecule has 1 spiro atoms. The summed E-state index contributed by atoms with van der Waals surface area (Å²) in [5.41, 5.74) is 0.0711. The minimum absolute atomic E-state index is 0.211. The molecular weight excluding hydrogens is 247 g/mol. The van der Waals surface area contributed by atoms with Crippen LogP contribution < -0.4 is 10.2 Å². The van der Waals surface area contributed by atoms with Crippen LogP contribution in [0.5, 0.6) is 0 Å². The van der Waals surface area contributed by atoms with E-state index in [1.54, 1.807) is 0 Å². The van der Waals surface area contributed by atoms with Crippen molar-refractivity contribution < 1.29 is 14.0 Å². The molecule has 1 saturated carbocycles.